The fourth-order valence-corrected chi connectivity index (χ4v) is 5.51. The molecule has 138 valence electrons. The Kier molecular flexibility index (Phi) is 5.96. The van der Waals surface area contributed by atoms with Crippen molar-refractivity contribution in [3.63, 3.8) is 0 Å². The summed E-state index contributed by atoms with van der Waals surface area (Å²) in [6.07, 6.45) is 6.75. The molecule has 1 aromatic carbocycles. The molecule has 1 aromatic rings. The van der Waals surface area contributed by atoms with Crippen molar-refractivity contribution < 1.29 is 8.42 Å². The van der Waals surface area contributed by atoms with Gasteiger partial charge in [0.2, 0.25) is 10.0 Å². The number of thiocarbonyl (C=S) groups is 1. The van der Waals surface area contributed by atoms with Gasteiger partial charge in [-0.3, -0.25) is 0 Å². The molecule has 5 nitrogen and oxygen atoms in total. The highest BCUT2D eigenvalue weighted by Gasteiger charge is 2.27. The van der Waals surface area contributed by atoms with Crippen LogP contribution >= 0.6 is 12.2 Å². The van der Waals surface area contributed by atoms with Crippen LogP contribution in [0.3, 0.4) is 0 Å². The molecular weight excluding hydrogens is 354 g/mol. The second-order valence-electron chi connectivity index (χ2n) is 7.11. The molecule has 0 spiro atoms. The Balaban J connectivity index is 1.66. The van der Waals surface area contributed by atoms with E-state index in [9.17, 15) is 8.42 Å². The van der Waals surface area contributed by atoms with Crippen LogP contribution in [0, 0.1) is 5.92 Å². The van der Waals surface area contributed by atoms with Gasteiger partial charge in [-0.15, -0.1) is 0 Å². The zero-order valence-electron chi connectivity index (χ0n) is 14.7. The van der Waals surface area contributed by atoms with Crippen molar-refractivity contribution >= 4 is 33.0 Å². The molecule has 1 aliphatic carbocycles. The zero-order valence-corrected chi connectivity index (χ0v) is 16.3. The maximum absolute atomic E-state index is 12.7. The van der Waals surface area contributed by atoms with Crippen LogP contribution in [0.1, 0.15) is 45.4 Å². The lowest BCUT2D eigenvalue weighted by Crippen LogP contribution is -2.43. The van der Waals surface area contributed by atoms with Gasteiger partial charge in [0.15, 0.2) is 5.11 Å². The highest BCUT2D eigenvalue weighted by Crippen LogP contribution is 2.25. The Morgan fingerprint density at radius 1 is 1.16 bits per heavy atom. The molecule has 2 N–H and O–H groups in total. The van der Waals surface area contributed by atoms with Crippen LogP contribution in [0.15, 0.2) is 29.2 Å². The van der Waals surface area contributed by atoms with Crippen molar-refractivity contribution in [3.05, 3.63) is 24.3 Å². The van der Waals surface area contributed by atoms with Crippen molar-refractivity contribution in [3.8, 4) is 0 Å². The molecule has 0 aromatic heterocycles. The predicted octanol–water partition coefficient (Wildman–Crippen LogP) is 3.34. The minimum Gasteiger partial charge on any atom is -0.359 e. The topological polar surface area (TPSA) is 61.4 Å². The molecule has 0 bridgehead atoms. The second kappa shape index (κ2) is 8.01. The van der Waals surface area contributed by atoms with Gasteiger partial charge in [0.05, 0.1) is 4.90 Å². The van der Waals surface area contributed by atoms with E-state index < -0.39 is 10.0 Å². The monoisotopic (exact) mass is 381 g/mol. The standard InChI is InChI=1S/C18H27N3O2S2/c1-14-7-2-3-10-17(14)20-18(24)19-15-8-6-9-16(13-15)25(22,23)21-11-4-5-12-21/h6,8-9,13-14,17H,2-5,7,10-12H2,1H3,(H2,19,20,24)/t14-,17-/m1/s1. The van der Waals surface area contributed by atoms with Crippen LogP contribution in [-0.4, -0.2) is 37.0 Å². The Morgan fingerprint density at radius 3 is 2.60 bits per heavy atom. The zero-order chi connectivity index (χ0) is 17.9. The third-order valence-electron chi connectivity index (χ3n) is 5.22. The van der Waals surface area contributed by atoms with Gasteiger partial charge >= 0.3 is 0 Å². The second-order valence-corrected chi connectivity index (χ2v) is 9.45. The van der Waals surface area contributed by atoms with Gasteiger partial charge in [0.1, 0.15) is 0 Å². The third kappa shape index (κ3) is 4.51. The molecule has 7 heteroatoms. The summed E-state index contributed by atoms with van der Waals surface area (Å²) in [4.78, 5) is 0.327. The molecule has 1 aliphatic heterocycles. The van der Waals surface area contributed by atoms with Gasteiger partial charge in [0, 0.05) is 24.8 Å². The van der Waals surface area contributed by atoms with Crippen LogP contribution in [0.2, 0.25) is 0 Å². The summed E-state index contributed by atoms with van der Waals surface area (Å²) < 4.78 is 26.9. The number of nitrogens with zero attached hydrogens (tertiary/aromatic N) is 1. The molecule has 0 amide bonds. The largest absolute Gasteiger partial charge is 0.359 e. The van der Waals surface area contributed by atoms with Gasteiger partial charge in [-0.1, -0.05) is 25.8 Å². The minimum absolute atomic E-state index is 0.327. The van der Waals surface area contributed by atoms with Crippen LogP contribution in [0.5, 0.6) is 0 Å². The van der Waals surface area contributed by atoms with E-state index in [-0.39, 0.29) is 0 Å². The van der Waals surface area contributed by atoms with Crippen LogP contribution < -0.4 is 10.6 Å². The molecule has 2 fully saturated rings. The van der Waals surface area contributed by atoms with Crippen LogP contribution in [0.4, 0.5) is 5.69 Å². The molecule has 25 heavy (non-hydrogen) atoms. The number of anilines is 1. The Labute approximate surface area is 156 Å². The summed E-state index contributed by atoms with van der Waals surface area (Å²) in [5.74, 6) is 0.607. The summed E-state index contributed by atoms with van der Waals surface area (Å²) in [6, 6.07) is 7.33. The number of sulfonamides is 1. The highest BCUT2D eigenvalue weighted by molar-refractivity contribution is 7.89. The number of hydrogen-bond acceptors (Lipinski definition) is 3. The molecular formula is C18H27N3O2S2. The fraction of sp³-hybridized carbons (Fsp3) is 0.611. The Hall–Kier alpha value is -1.18. The van der Waals surface area contributed by atoms with E-state index >= 15 is 0 Å². The van der Waals surface area contributed by atoms with E-state index in [1.54, 1.807) is 22.5 Å². The number of rotatable bonds is 4. The van der Waals surface area contributed by atoms with Gasteiger partial charge in [-0.2, -0.15) is 4.31 Å². The smallest absolute Gasteiger partial charge is 0.243 e. The van der Waals surface area contributed by atoms with E-state index in [4.69, 9.17) is 12.2 Å². The van der Waals surface area contributed by atoms with Crippen molar-refractivity contribution in [2.75, 3.05) is 18.4 Å². The number of benzene rings is 1. The lowest BCUT2D eigenvalue weighted by molar-refractivity contribution is 0.309. The maximum Gasteiger partial charge on any atom is 0.243 e. The average Bonchev–Trinajstić information content (AvgIpc) is 3.12. The van der Waals surface area contributed by atoms with E-state index in [1.165, 1.54) is 19.3 Å². The van der Waals surface area contributed by atoms with Crippen molar-refractivity contribution in [2.24, 2.45) is 5.92 Å². The van der Waals surface area contributed by atoms with E-state index in [2.05, 4.69) is 17.6 Å². The summed E-state index contributed by atoms with van der Waals surface area (Å²) in [5, 5.41) is 7.11. The van der Waals surface area contributed by atoms with Gasteiger partial charge in [-0.05, 0) is 62.0 Å². The van der Waals surface area contributed by atoms with E-state index in [0.717, 1.165) is 19.3 Å². The molecule has 2 atom stereocenters. The Bertz CT molecular complexity index is 715. The first kappa shape index (κ1) is 18.6. The first-order valence-electron chi connectivity index (χ1n) is 9.14. The summed E-state index contributed by atoms with van der Waals surface area (Å²) in [6.45, 7) is 3.47. The summed E-state index contributed by atoms with van der Waals surface area (Å²) >= 11 is 5.43. The van der Waals surface area contributed by atoms with Gasteiger partial charge in [0.25, 0.3) is 0 Å². The van der Waals surface area contributed by atoms with E-state index in [0.29, 0.717) is 40.7 Å². The van der Waals surface area contributed by atoms with Gasteiger partial charge in [-0.25, -0.2) is 8.42 Å². The van der Waals surface area contributed by atoms with Crippen LogP contribution in [0.25, 0.3) is 0 Å². The predicted molar refractivity (Wildman–Crippen MR) is 105 cm³/mol. The van der Waals surface area contributed by atoms with E-state index in [1.807, 2.05) is 6.07 Å². The normalized spacial score (nSPS) is 24.8. The quantitative estimate of drug-likeness (QED) is 0.784. The first-order chi connectivity index (χ1) is 12.0. The van der Waals surface area contributed by atoms with Crippen molar-refractivity contribution in [2.45, 2.75) is 56.4 Å². The first-order valence-corrected chi connectivity index (χ1v) is 11.0. The number of hydrogen-bond donors (Lipinski definition) is 2. The molecule has 0 unspecified atom stereocenters. The van der Waals surface area contributed by atoms with Crippen molar-refractivity contribution in [1.82, 2.24) is 9.62 Å². The maximum atomic E-state index is 12.7. The molecule has 1 heterocycles. The lowest BCUT2D eigenvalue weighted by Gasteiger charge is -2.30. The lowest BCUT2D eigenvalue weighted by atomic mass is 9.86. The summed E-state index contributed by atoms with van der Waals surface area (Å²) in [5.41, 5.74) is 0.709. The molecule has 1 saturated heterocycles. The number of nitrogens with one attached hydrogen (secondary N) is 2. The third-order valence-corrected chi connectivity index (χ3v) is 7.34. The summed E-state index contributed by atoms with van der Waals surface area (Å²) in [7, 11) is -3.40. The van der Waals surface area contributed by atoms with Gasteiger partial charge < -0.3 is 10.6 Å². The SMILES string of the molecule is C[C@@H]1CCCC[C@H]1NC(=S)Nc1cccc(S(=O)(=O)N2CCCC2)c1. The Morgan fingerprint density at radius 2 is 1.88 bits per heavy atom. The molecule has 2 aliphatic rings. The van der Waals surface area contributed by atoms with Crippen LogP contribution in [-0.2, 0) is 10.0 Å². The fourth-order valence-electron chi connectivity index (χ4n) is 3.68. The minimum atomic E-state index is -3.40. The average molecular weight is 382 g/mol. The molecule has 3 rings (SSSR count). The van der Waals surface area contributed by atoms with Crippen molar-refractivity contribution in [1.29, 1.82) is 0 Å². The molecule has 1 saturated carbocycles. The highest BCUT2D eigenvalue weighted by atomic mass is 32.2. The molecule has 0 radical (unpaired) electrons.